The Morgan fingerprint density at radius 3 is 1.52 bits per heavy atom. The fourth-order valence-electron chi connectivity index (χ4n) is 7.83. The lowest BCUT2D eigenvalue weighted by atomic mass is 9.91. The molecule has 0 amide bonds. The lowest BCUT2D eigenvalue weighted by molar-refractivity contribution is 0.665. The first-order chi connectivity index (χ1) is 25.8. The van der Waals surface area contributed by atoms with Crippen LogP contribution in [-0.4, -0.2) is 15.0 Å². The van der Waals surface area contributed by atoms with E-state index in [1.807, 2.05) is 72.8 Å². The van der Waals surface area contributed by atoms with Gasteiger partial charge < -0.3 is 8.83 Å². The fourth-order valence-corrected chi connectivity index (χ4v) is 7.83. The normalized spacial score (nSPS) is 11.8. The Balaban J connectivity index is 1.19. The molecule has 0 saturated heterocycles. The number of nitrogens with zero attached hydrogens (tertiary/aromatic N) is 3. The SMILES string of the molecule is c1ccc(-c2nc(-c3ccccc3)nc(-c3ccc(-c4cccc5oc6c7ccccc7c7c8ccccc8oc7c6c45)c4ccccc34)n2)cc1. The van der Waals surface area contributed by atoms with Gasteiger partial charge in [0.25, 0.3) is 0 Å². The van der Waals surface area contributed by atoms with Gasteiger partial charge in [-0.15, -0.1) is 0 Å². The Bertz CT molecular complexity index is 3120. The molecule has 52 heavy (non-hydrogen) atoms. The van der Waals surface area contributed by atoms with Gasteiger partial charge in [0, 0.05) is 38.2 Å². The summed E-state index contributed by atoms with van der Waals surface area (Å²) in [6, 6.07) is 56.1. The van der Waals surface area contributed by atoms with Crippen molar-refractivity contribution < 1.29 is 8.83 Å². The van der Waals surface area contributed by atoms with Crippen molar-refractivity contribution in [1.29, 1.82) is 0 Å². The molecule has 5 nitrogen and oxygen atoms in total. The highest BCUT2D eigenvalue weighted by Gasteiger charge is 2.24. The maximum Gasteiger partial charge on any atom is 0.164 e. The number of aromatic nitrogens is 3. The van der Waals surface area contributed by atoms with Gasteiger partial charge in [0.1, 0.15) is 22.3 Å². The second-order valence-electron chi connectivity index (χ2n) is 13.1. The summed E-state index contributed by atoms with van der Waals surface area (Å²) in [4.78, 5) is 15.1. The average molecular weight is 666 g/mol. The zero-order valence-corrected chi connectivity index (χ0v) is 27.7. The summed E-state index contributed by atoms with van der Waals surface area (Å²) in [5.41, 5.74) is 8.32. The number of para-hydroxylation sites is 1. The predicted octanol–water partition coefficient (Wildman–Crippen LogP) is 12.6. The molecule has 0 aliphatic rings. The van der Waals surface area contributed by atoms with Crippen molar-refractivity contribution in [3.8, 4) is 45.3 Å². The molecule has 3 heterocycles. The Morgan fingerprint density at radius 1 is 0.288 bits per heavy atom. The minimum Gasteiger partial charge on any atom is -0.455 e. The van der Waals surface area contributed by atoms with E-state index in [9.17, 15) is 0 Å². The highest BCUT2D eigenvalue weighted by atomic mass is 16.3. The highest BCUT2D eigenvalue weighted by Crippen LogP contribution is 2.48. The Kier molecular flexibility index (Phi) is 6.18. The average Bonchev–Trinajstić information content (AvgIpc) is 3.81. The van der Waals surface area contributed by atoms with Crippen LogP contribution in [0.4, 0.5) is 0 Å². The fraction of sp³-hybridized carbons (Fsp3) is 0. The summed E-state index contributed by atoms with van der Waals surface area (Å²) in [6.07, 6.45) is 0. The molecule has 0 unspecified atom stereocenters. The van der Waals surface area contributed by atoms with E-state index in [1.54, 1.807) is 0 Å². The predicted molar refractivity (Wildman–Crippen MR) is 211 cm³/mol. The molecule has 0 radical (unpaired) electrons. The van der Waals surface area contributed by atoms with Gasteiger partial charge >= 0.3 is 0 Å². The molecular formula is C47H27N3O2. The lowest BCUT2D eigenvalue weighted by Crippen LogP contribution is -2.00. The van der Waals surface area contributed by atoms with E-state index < -0.39 is 0 Å². The summed E-state index contributed by atoms with van der Waals surface area (Å²) >= 11 is 0. The zero-order chi connectivity index (χ0) is 34.2. The van der Waals surface area contributed by atoms with Gasteiger partial charge in [-0.1, -0.05) is 146 Å². The summed E-state index contributed by atoms with van der Waals surface area (Å²) in [6.45, 7) is 0. The van der Waals surface area contributed by atoms with Crippen LogP contribution in [0.15, 0.2) is 173 Å². The van der Waals surface area contributed by atoms with Crippen molar-refractivity contribution in [3.05, 3.63) is 164 Å². The van der Waals surface area contributed by atoms with Gasteiger partial charge in [0.2, 0.25) is 0 Å². The third-order valence-electron chi connectivity index (χ3n) is 10.1. The molecule has 0 N–H and O–H groups in total. The van der Waals surface area contributed by atoms with Crippen LogP contribution >= 0.6 is 0 Å². The highest BCUT2D eigenvalue weighted by molar-refractivity contribution is 6.35. The molecule has 0 spiro atoms. The second kappa shape index (κ2) is 11.2. The molecule has 0 fully saturated rings. The van der Waals surface area contributed by atoms with Crippen LogP contribution in [0, 0.1) is 0 Å². The number of hydrogen-bond donors (Lipinski definition) is 0. The van der Waals surface area contributed by atoms with Crippen LogP contribution in [0.1, 0.15) is 0 Å². The monoisotopic (exact) mass is 665 g/mol. The molecule has 0 bridgehead atoms. The first kappa shape index (κ1) is 28.7. The maximum absolute atomic E-state index is 6.76. The standard InChI is InChI=1S/C47H27N3O2/c1-3-14-28(15-4-1)45-48-46(29-16-5-2-6-17-29)50-47(49-45)36-27-26-32(30-18-7-8-19-31(30)36)33-23-13-25-39-41(33)42-43(52-39)35-21-10-9-20-34(35)40-37-22-11-12-24-38(37)51-44(40)42/h1-27H. The van der Waals surface area contributed by atoms with Crippen LogP contribution in [0.2, 0.25) is 0 Å². The van der Waals surface area contributed by atoms with Crippen LogP contribution in [-0.2, 0) is 0 Å². The largest absolute Gasteiger partial charge is 0.455 e. The van der Waals surface area contributed by atoms with Crippen molar-refractivity contribution in [3.63, 3.8) is 0 Å². The molecule has 0 saturated carbocycles. The van der Waals surface area contributed by atoms with E-state index in [4.69, 9.17) is 23.8 Å². The van der Waals surface area contributed by atoms with Crippen LogP contribution in [0.3, 0.4) is 0 Å². The van der Waals surface area contributed by atoms with Crippen molar-refractivity contribution in [2.24, 2.45) is 0 Å². The topological polar surface area (TPSA) is 65.0 Å². The van der Waals surface area contributed by atoms with Gasteiger partial charge in [-0.05, 0) is 45.5 Å². The molecule has 11 rings (SSSR count). The zero-order valence-electron chi connectivity index (χ0n) is 27.7. The summed E-state index contributed by atoms with van der Waals surface area (Å²) in [5.74, 6) is 1.89. The Labute approximate surface area is 297 Å². The van der Waals surface area contributed by atoms with Crippen molar-refractivity contribution in [2.45, 2.75) is 0 Å². The van der Waals surface area contributed by atoms with E-state index in [1.165, 1.54) is 0 Å². The number of rotatable bonds is 4. The Morgan fingerprint density at radius 2 is 0.808 bits per heavy atom. The minimum absolute atomic E-state index is 0.623. The van der Waals surface area contributed by atoms with Gasteiger partial charge in [0.05, 0.1) is 5.39 Å². The van der Waals surface area contributed by atoms with Crippen LogP contribution < -0.4 is 0 Å². The molecule has 242 valence electrons. The molecule has 5 heteroatoms. The van der Waals surface area contributed by atoms with Crippen LogP contribution in [0.25, 0.3) is 111 Å². The molecule has 0 aliphatic heterocycles. The second-order valence-corrected chi connectivity index (χ2v) is 13.1. The number of fused-ring (bicyclic) bond motifs is 11. The van der Waals surface area contributed by atoms with Crippen LogP contribution in [0.5, 0.6) is 0 Å². The van der Waals surface area contributed by atoms with Gasteiger partial charge in [-0.3, -0.25) is 0 Å². The summed E-state index contributed by atoms with van der Waals surface area (Å²) in [5, 5.41) is 8.54. The van der Waals surface area contributed by atoms with Crippen molar-refractivity contribution >= 4 is 65.4 Å². The maximum atomic E-state index is 6.76. The van der Waals surface area contributed by atoms with Gasteiger partial charge in [0.15, 0.2) is 17.5 Å². The Hall–Kier alpha value is -7.11. The van der Waals surface area contributed by atoms with E-state index in [-0.39, 0.29) is 0 Å². The van der Waals surface area contributed by atoms with Crippen molar-refractivity contribution in [2.75, 3.05) is 0 Å². The smallest absolute Gasteiger partial charge is 0.164 e. The number of furan rings is 2. The summed E-state index contributed by atoms with van der Waals surface area (Å²) < 4.78 is 13.5. The van der Waals surface area contributed by atoms with Crippen molar-refractivity contribution in [1.82, 2.24) is 15.0 Å². The first-order valence-corrected chi connectivity index (χ1v) is 17.4. The molecule has 11 aromatic rings. The molecule has 0 aliphatic carbocycles. The number of benzene rings is 8. The first-order valence-electron chi connectivity index (χ1n) is 17.4. The molecule has 8 aromatic carbocycles. The van der Waals surface area contributed by atoms with E-state index in [2.05, 4.69) is 91.0 Å². The number of hydrogen-bond acceptors (Lipinski definition) is 5. The van der Waals surface area contributed by atoms with E-state index in [0.29, 0.717) is 17.5 Å². The van der Waals surface area contributed by atoms with Gasteiger partial charge in [-0.2, -0.15) is 0 Å². The molecular weight excluding hydrogens is 639 g/mol. The third-order valence-corrected chi connectivity index (χ3v) is 10.1. The van der Waals surface area contributed by atoms with E-state index >= 15 is 0 Å². The van der Waals surface area contributed by atoms with E-state index in [0.717, 1.165) is 93.2 Å². The van der Waals surface area contributed by atoms with Gasteiger partial charge in [-0.25, -0.2) is 15.0 Å². The quantitative estimate of drug-likeness (QED) is 0.187. The minimum atomic E-state index is 0.623. The molecule has 3 aromatic heterocycles. The lowest BCUT2D eigenvalue weighted by Gasteiger charge is -2.13. The molecule has 0 atom stereocenters. The third kappa shape index (κ3) is 4.26. The summed E-state index contributed by atoms with van der Waals surface area (Å²) in [7, 11) is 0.